The van der Waals surface area contributed by atoms with Gasteiger partial charge in [-0.1, -0.05) is 12.1 Å². The third-order valence-electron chi connectivity index (χ3n) is 5.23. The van der Waals surface area contributed by atoms with Crippen LogP contribution in [-0.4, -0.2) is 19.2 Å². The molecule has 0 radical (unpaired) electrons. The molecule has 1 aromatic heterocycles. The molecule has 0 amide bonds. The zero-order valence-electron chi connectivity index (χ0n) is 14.4. The van der Waals surface area contributed by atoms with E-state index in [4.69, 9.17) is 14.5 Å². The molecule has 4 rings (SSSR count). The number of aromatic nitrogens is 1. The first-order valence-electron chi connectivity index (χ1n) is 8.74. The highest BCUT2D eigenvalue weighted by Crippen LogP contribution is 2.41. The quantitative estimate of drug-likeness (QED) is 0.908. The summed E-state index contributed by atoms with van der Waals surface area (Å²) in [6.07, 6.45) is 5.69. The highest BCUT2D eigenvalue weighted by Gasteiger charge is 2.31. The summed E-state index contributed by atoms with van der Waals surface area (Å²) in [5.41, 5.74) is 7.82. The van der Waals surface area contributed by atoms with Crippen molar-refractivity contribution in [3.05, 3.63) is 52.3 Å². The van der Waals surface area contributed by atoms with E-state index < -0.39 is 0 Å². The maximum absolute atomic E-state index is 5.64. The van der Waals surface area contributed by atoms with Gasteiger partial charge >= 0.3 is 0 Å². The Labute approximate surface area is 143 Å². The van der Waals surface area contributed by atoms with Crippen LogP contribution in [0.4, 0.5) is 5.69 Å². The molecule has 0 aliphatic heterocycles. The number of hydrogen-bond acceptors (Lipinski definition) is 4. The minimum atomic E-state index is 0.160. The maximum atomic E-state index is 5.64. The van der Waals surface area contributed by atoms with Gasteiger partial charge in [0.1, 0.15) is 5.75 Å². The number of anilines is 1. The molecular weight excluding hydrogens is 300 g/mol. The van der Waals surface area contributed by atoms with Crippen LogP contribution in [0.5, 0.6) is 5.75 Å². The lowest BCUT2D eigenvalue weighted by atomic mass is 10.1. The molecule has 1 atom stereocenters. The first-order chi connectivity index (χ1) is 11.8. The Balaban J connectivity index is 1.62. The van der Waals surface area contributed by atoms with Crippen molar-refractivity contribution in [3.8, 4) is 5.75 Å². The smallest absolute Gasteiger partial charge is 0.118 e. The zero-order chi connectivity index (χ0) is 16.5. The third-order valence-corrected chi connectivity index (χ3v) is 5.23. The number of nitrogens with one attached hydrogen (secondary N) is 1. The fourth-order valence-electron chi connectivity index (χ4n) is 3.95. The Bertz CT molecular complexity index is 740. The number of pyridine rings is 1. The van der Waals surface area contributed by atoms with Crippen LogP contribution >= 0.6 is 0 Å². The second-order valence-corrected chi connectivity index (χ2v) is 6.59. The average molecular weight is 324 g/mol. The number of rotatable bonds is 5. The molecule has 4 nitrogen and oxygen atoms in total. The number of aryl methyl sites for hydroxylation is 1. The molecule has 0 saturated carbocycles. The third kappa shape index (κ3) is 2.65. The maximum Gasteiger partial charge on any atom is 0.118 e. The van der Waals surface area contributed by atoms with Crippen molar-refractivity contribution >= 4 is 5.69 Å². The van der Waals surface area contributed by atoms with Gasteiger partial charge in [-0.2, -0.15) is 0 Å². The fourth-order valence-corrected chi connectivity index (χ4v) is 3.95. The van der Waals surface area contributed by atoms with Crippen LogP contribution in [0.15, 0.2) is 24.3 Å². The number of methoxy groups -OCH3 is 2. The summed E-state index contributed by atoms with van der Waals surface area (Å²) in [7, 11) is 3.49. The number of benzene rings is 1. The van der Waals surface area contributed by atoms with Gasteiger partial charge in [-0.05, 0) is 60.9 Å². The van der Waals surface area contributed by atoms with Crippen molar-refractivity contribution < 1.29 is 9.47 Å². The number of fused-ring (bicyclic) bond motifs is 2. The summed E-state index contributed by atoms with van der Waals surface area (Å²) in [5.74, 6) is 0.896. The molecule has 4 heteroatoms. The van der Waals surface area contributed by atoms with E-state index in [1.165, 1.54) is 34.5 Å². The van der Waals surface area contributed by atoms with Crippen molar-refractivity contribution in [2.75, 3.05) is 19.5 Å². The molecule has 2 aliphatic carbocycles. The number of nitrogens with zero attached hydrogens (tertiary/aromatic N) is 1. The monoisotopic (exact) mass is 324 g/mol. The zero-order valence-corrected chi connectivity index (χ0v) is 14.4. The van der Waals surface area contributed by atoms with Gasteiger partial charge in [-0.3, -0.25) is 4.98 Å². The van der Waals surface area contributed by atoms with Gasteiger partial charge in [-0.15, -0.1) is 0 Å². The van der Waals surface area contributed by atoms with Crippen LogP contribution < -0.4 is 10.1 Å². The van der Waals surface area contributed by atoms with Crippen molar-refractivity contribution in [3.63, 3.8) is 0 Å². The van der Waals surface area contributed by atoms with Crippen LogP contribution in [0.3, 0.4) is 0 Å². The molecular formula is C20H24N2O2. The van der Waals surface area contributed by atoms with Crippen LogP contribution in [0.25, 0.3) is 0 Å². The molecule has 0 fully saturated rings. The number of ether oxygens (including phenoxy) is 2. The van der Waals surface area contributed by atoms with Gasteiger partial charge in [-0.25, -0.2) is 0 Å². The highest BCUT2D eigenvalue weighted by atomic mass is 16.5. The van der Waals surface area contributed by atoms with Crippen LogP contribution in [0, 0.1) is 0 Å². The molecule has 2 aliphatic rings. The van der Waals surface area contributed by atoms with Crippen molar-refractivity contribution in [1.82, 2.24) is 4.98 Å². The SMILES string of the molecule is COc1ccc(CNc2c3c(nc4c2CCC4OC)CCC3)cc1. The predicted molar refractivity (Wildman–Crippen MR) is 94.7 cm³/mol. The second-order valence-electron chi connectivity index (χ2n) is 6.59. The fraction of sp³-hybridized carbons (Fsp3) is 0.450. The lowest BCUT2D eigenvalue weighted by Gasteiger charge is -2.17. The van der Waals surface area contributed by atoms with E-state index >= 15 is 0 Å². The van der Waals surface area contributed by atoms with E-state index in [0.29, 0.717) is 0 Å². The lowest BCUT2D eigenvalue weighted by molar-refractivity contribution is 0.102. The Hall–Kier alpha value is -2.07. The summed E-state index contributed by atoms with van der Waals surface area (Å²) in [6, 6.07) is 8.26. The summed E-state index contributed by atoms with van der Waals surface area (Å²) in [6.45, 7) is 0.824. The molecule has 1 unspecified atom stereocenters. The van der Waals surface area contributed by atoms with Crippen molar-refractivity contribution in [2.24, 2.45) is 0 Å². The van der Waals surface area contributed by atoms with Crippen molar-refractivity contribution in [1.29, 1.82) is 0 Å². The van der Waals surface area contributed by atoms with E-state index in [-0.39, 0.29) is 6.10 Å². The van der Waals surface area contributed by atoms with Gasteiger partial charge in [0.25, 0.3) is 0 Å². The predicted octanol–water partition coefficient (Wildman–Crippen LogP) is 3.82. The van der Waals surface area contributed by atoms with Gasteiger partial charge in [0.15, 0.2) is 0 Å². The topological polar surface area (TPSA) is 43.4 Å². The van der Waals surface area contributed by atoms with Gasteiger partial charge in [0.05, 0.1) is 18.9 Å². The van der Waals surface area contributed by atoms with Crippen molar-refractivity contribution in [2.45, 2.75) is 44.8 Å². The number of hydrogen-bond donors (Lipinski definition) is 1. The Kier molecular flexibility index (Phi) is 4.15. The standard InChI is InChI=1S/C20H24N2O2/c1-23-14-8-6-13(7-9-14)12-21-19-15-4-3-5-17(15)22-20-16(19)10-11-18(20)24-2/h6-9,18H,3-5,10-12H2,1-2H3,(H,21,22). The van der Waals surface area contributed by atoms with E-state index in [0.717, 1.165) is 43.7 Å². The van der Waals surface area contributed by atoms with Crippen LogP contribution in [0.2, 0.25) is 0 Å². The van der Waals surface area contributed by atoms with Crippen LogP contribution in [-0.2, 0) is 30.5 Å². The first kappa shape index (κ1) is 15.5. The molecule has 0 spiro atoms. The van der Waals surface area contributed by atoms with E-state index in [2.05, 4.69) is 17.4 Å². The summed E-state index contributed by atoms with van der Waals surface area (Å²) < 4.78 is 10.9. The molecule has 1 aromatic carbocycles. The van der Waals surface area contributed by atoms with E-state index in [9.17, 15) is 0 Å². The molecule has 1 heterocycles. The summed E-state index contributed by atoms with van der Waals surface area (Å²) in [4.78, 5) is 4.94. The average Bonchev–Trinajstić information content (AvgIpc) is 3.25. The normalized spacial score (nSPS) is 18.3. The van der Waals surface area contributed by atoms with E-state index in [1.54, 1.807) is 14.2 Å². The minimum Gasteiger partial charge on any atom is -0.497 e. The summed E-state index contributed by atoms with van der Waals surface area (Å²) in [5, 5.41) is 3.71. The van der Waals surface area contributed by atoms with Gasteiger partial charge < -0.3 is 14.8 Å². The lowest BCUT2D eigenvalue weighted by Crippen LogP contribution is -2.09. The Morgan fingerprint density at radius 2 is 1.92 bits per heavy atom. The second kappa shape index (κ2) is 6.44. The summed E-state index contributed by atoms with van der Waals surface area (Å²) >= 11 is 0. The molecule has 0 saturated heterocycles. The Morgan fingerprint density at radius 3 is 2.67 bits per heavy atom. The molecule has 2 aromatic rings. The minimum absolute atomic E-state index is 0.160. The largest absolute Gasteiger partial charge is 0.497 e. The molecule has 0 bridgehead atoms. The Morgan fingerprint density at radius 1 is 1.08 bits per heavy atom. The molecule has 24 heavy (non-hydrogen) atoms. The van der Waals surface area contributed by atoms with Crippen LogP contribution in [0.1, 0.15) is 47.0 Å². The molecule has 1 N–H and O–H groups in total. The molecule has 126 valence electrons. The van der Waals surface area contributed by atoms with Gasteiger partial charge in [0, 0.05) is 25.0 Å². The van der Waals surface area contributed by atoms with Gasteiger partial charge in [0.2, 0.25) is 0 Å². The highest BCUT2D eigenvalue weighted by molar-refractivity contribution is 5.63. The first-order valence-corrected chi connectivity index (χ1v) is 8.74. The van der Waals surface area contributed by atoms with E-state index in [1.807, 2.05) is 12.1 Å².